The molecule has 0 amide bonds. The van der Waals surface area contributed by atoms with Gasteiger partial charge in [0.25, 0.3) is 0 Å². The maximum Gasteiger partial charge on any atom is 0.161 e. The molecule has 3 rings (SSSR count). The highest BCUT2D eigenvalue weighted by Gasteiger charge is 2.17. The summed E-state index contributed by atoms with van der Waals surface area (Å²) in [6, 6.07) is 4.04. The van der Waals surface area contributed by atoms with E-state index >= 15 is 0 Å². The number of pyridine rings is 1. The van der Waals surface area contributed by atoms with Gasteiger partial charge in [-0.3, -0.25) is 4.40 Å². The van der Waals surface area contributed by atoms with Crippen LogP contribution in [0.3, 0.4) is 0 Å². The molecule has 0 saturated carbocycles. The van der Waals surface area contributed by atoms with Crippen molar-refractivity contribution in [3.8, 4) is 0 Å². The number of hydrogen-bond donors (Lipinski definition) is 0. The van der Waals surface area contributed by atoms with Gasteiger partial charge in [-0.1, -0.05) is 22.4 Å². The highest BCUT2D eigenvalue weighted by Crippen LogP contribution is 2.27. The zero-order chi connectivity index (χ0) is 11.7. The largest absolute Gasteiger partial charge is 0.286 e. The number of nitrogens with zero attached hydrogens (tertiary/aromatic N) is 3. The Kier molecular flexibility index (Phi) is 3.38. The number of fused-ring (bicyclic) bond motifs is 1. The van der Waals surface area contributed by atoms with Crippen LogP contribution in [0.25, 0.3) is 5.65 Å². The van der Waals surface area contributed by atoms with Gasteiger partial charge >= 0.3 is 0 Å². The molecule has 17 heavy (non-hydrogen) atoms. The molecule has 0 aliphatic carbocycles. The van der Waals surface area contributed by atoms with E-state index in [9.17, 15) is 0 Å². The van der Waals surface area contributed by atoms with Crippen molar-refractivity contribution in [1.29, 1.82) is 0 Å². The summed E-state index contributed by atoms with van der Waals surface area (Å²) in [7, 11) is 0. The normalized spacial score (nSPS) is 20.9. The van der Waals surface area contributed by atoms with Gasteiger partial charge in [0, 0.05) is 22.3 Å². The molecule has 3 heterocycles. The lowest BCUT2D eigenvalue weighted by molar-refractivity contribution is 0.645. The minimum Gasteiger partial charge on any atom is -0.286 e. The molecule has 0 radical (unpaired) electrons. The van der Waals surface area contributed by atoms with Gasteiger partial charge < -0.3 is 0 Å². The van der Waals surface area contributed by atoms with Crippen molar-refractivity contribution in [2.45, 2.75) is 30.9 Å². The third-order valence-corrected chi connectivity index (χ3v) is 5.02. The second-order valence-electron chi connectivity index (χ2n) is 4.38. The first-order valence-corrected chi connectivity index (χ1v) is 7.78. The summed E-state index contributed by atoms with van der Waals surface area (Å²) in [5.74, 6) is 2.39. The molecular weight excluding hydrogens is 298 g/mol. The maximum absolute atomic E-state index is 4.31. The average Bonchev–Trinajstić information content (AvgIpc) is 2.73. The molecule has 1 atom stereocenters. The monoisotopic (exact) mass is 311 g/mol. The highest BCUT2D eigenvalue weighted by atomic mass is 79.9. The van der Waals surface area contributed by atoms with Crippen molar-refractivity contribution in [2.75, 3.05) is 5.75 Å². The quantitative estimate of drug-likeness (QED) is 0.852. The molecule has 2 aromatic heterocycles. The van der Waals surface area contributed by atoms with Gasteiger partial charge in [-0.05, 0) is 30.7 Å². The highest BCUT2D eigenvalue weighted by molar-refractivity contribution is 9.10. The van der Waals surface area contributed by atoms with Gasteiger partial charge in [0.15, 0.2) is 5.65 Å². The Morgan fingerprint density at radius 3 is 3.18 bits per heavy atom. The Balaban J connectivity index is 1.84. The fourth-order valence-corrected chi connectivity index (χ4v) is 3.85. The van der Waals surface area contributed by atoms with E-state index in [-0.39, 0.29) is 0 Å². The van der Waals surface area contributed by atoms with E-state index in [4.69, 9.17) is 0 Å². The standard InChI is InChI=1S/C12H14BrN3S/c13-9-4-5-16-11(7-9)14-15-12(16)8-10-3-1-2-6-17-10/h4-5,7,10H,1-3,6,8H2. The molecule has 90 valence electrons. The van der Waals surface area contributed by atoms with E-state index < -0.39 is 0 Å². The molecule has 1 saturated heterocycles. The van der Waals surface area contributed by atoms with E-state index in [1.54, 1.807) is 0 Å². The van der Waals surface area contributed by atoms with E-state index in [2.05, 4.69) is 42.3 Å². The van der Waals surface area contributed by atoms with Crippen molar-refractivity contribution in [1.82, 2.24) is 14.6 Å². The Morgan fingerprint density at radius 1 is 1.41 bits per heavy atom. The first kappa shape index (κ1) is 11.5. The maximum atomic E-state index is 4.31. The SMILES string of the molecule is Brc1ccn2c(CC3CCCCS3)nnc2c1. The molecular formula is C12H14BrN3S. The van der Waals surface area contributed by atoms with Crippen LogP contribution in [0.1, 0.15) is 25.1 Å². The van der Waals surface area contributed by atoms with Gasteiger partial charge in [0.1, 0.15) is 5.82 Å². The Labute approximate surface area is 113 Å². The fourth-order valence-electron chi connectivity index (χ4n) is 2.23. The minimum atomic E-state index is 0.722. The van der Waals surface area contributed by atoms with Crippen LogP contribution >= 0.6 is 27.7 Å². The predicted octanol–water partition coefficient (Wildman–Crippen LogP) is 3.32. The summed E-state index contributed by atoms with van der Waals surface area (Å²) in [5, 5.41) is 9.25. The summed E-state index contributed by atoms with van der Waals surface area (Å²) in [6.45, 7) is 0. The zero-order valence-corrected chi connectivity index (χ0v) is 11.9. The van der Waals surface area contributed by atoms with Crippen molar-refractivity contribution < 1.29 is 0 Å². The number of thioether (sulfide) groups is 1. The lowest BCUT2D eigenvalue weighted by Crippen LogP contribution is -2.14. The van der Waals surface area contributed by atoms with Crippen LogP contribution < -0.4 is 0 Å². The second-order valence-corrected chi connectivity index (χ2v) is 6.71. The van der Waals surface area contributed by atoms with Crippen LogP contribution in [-0.2, 0) is 6.42 Å². The summed E-state index contributed by atoms with van der Waals surface area (Å²) >= 11 is 5.54. The average molecular weight is 312 g/mol. The number of hydrogen-bond acceptors (Lipinski definition) is 3. The first-order chi connectivity index (χ1) is 8.33. The summed E-state index contributed by atoms with van der Waals surface area (Å²) in [4.78, 5) is 0. The van der Waals surface area contributed by atoms with Crippen LogP contribution in [0, 0.1) is 0 Å². The van der Waals surface area contributed by atoms with Crippen molar-refractivity contribution in [2.24, 2.45) is 0 Å². The Morgan fingerprint density at radius 2 is 2.35 bits per heavy atom. The second kappa shape index (κ2) is 4.98. The Hall–Kier alpha value is -0.550. The lowest BCUT2D eigenvalue weighted by atomic mass is 10.1. The molecule has 0 aromatic carbocycles. The fraction of sp³-hybridized carbons (Fsp3) is 0.500. The van der Waals surface area contributed by atoms with E-state index in [0.717, 1.165) is 27.6 Å². The molecule has 0 N–H and O–H groups in total. The molecule has 1 fully saturated rings. The summed E-state index contributed by atoms with van der Waals surface area (Å²) < 4.78 is 3.15. The summed E-state index contributed by atoms with van der Waals surface area (Å²) in [5.41, 5.74) is 0.926. The third kappa shape index (κ3) is 2.50. The smallest absolute Gasteiger partial charge is 0.161 e. The van der Waals surface area contributed by atoms with Crippen molar-refractivity contribution >= 4 is 33.3 Å². The predicted molar refractivity (Wildman–Crippen MR) is 74.5 cm³/mol. The van der Waals surface area contributed by atoms with Crippen LogP contribution in [0.15, 0.2) is 22.8 Å². The number of halogens is 1. The van der Waals surface area contributed by atoms with Gasteiger partial charge in [0.2, 0.25) is 0 Å². The van der Waals surface area contributed by atoms with Crippen LogP contribution in [-0.4, -0.2) is 25.6 Å². The van der Waals surface area contributed by atoms with E-state index in [0.29, 0.717) is 0 Å². The Bertz CT molecular complexity index is 519. The molecule has 1 unspecified atom stereocenters. The number of rotatable bonds is 2. The van der Waals surface area contributed by atoms with Gasteiger partial charge in [-0.2, -0.15) is 11.8 Å². The van der Waals surface area contributed by atoms with Crippen LogP contribution in [0.4, 0.5) is 0 Å². The molecule has 5 heteroatoms. The van der Waals surface area contributed by atoms with Crippen molar-refractivity contribution in [3.63, 3.8) is 0 Å². The topological polar surface area (TPSA) is 30.2 Å². The number of aromatic nitrogens is 3. The minimum absolute atomic E-state index is 0.722. The molecule has 1 aliphatic rings. The van der Waals surface area contributed by atoms with E-state index in [1.807, 2.05) is 18.3 Å². The van der Waals surface area contributed by atoms with Gasteiger partial charge in [-0.15, -0.1) is 10.2 Å². The third-order valence-electron chi connectivity index (χ3n) is 3.13. The molecule has 0 spiro atoms. The van der Waals surface area contributed by atoms with E-state index in [1.165, 1.54) is 25.0 Å². The van der Waals surface area contributed by atoms with Crippen molar-refractivity contribution in [3.05, 3.63) is 28.6 Å². The zero-order valence-electron chi connectivity index (χ0n) is 9.47. The molecule has 2 aromatic rings. The summed E-state index contributed by atoms with van der Waals surface area (Å²) in [6.07, 6.45) is 7.13. The molecule has 0 bridgehead atoms. The van der Waals surface area contributed by atoms with Crippen LogP contribution in [0.2, 0.25) is 0 Å². The van der Waals surface area contributed by atoms with Crippen LogP contribution in [0.5, 0.6) is 0 Å². The lowest BCUT2D eigenvalue weighted by Gasteiger charge is -2.20. The van der Waals surface area contributed by atoms with Gasteiger partial charge in [0.05, 0.1) is 0 Å². The van der Waals surface area contributed by atoms with Gasteiger partial charge in [-0.25, -0.2) is 0 Å². The molecule has 1 aliphatic heterocycles. The molecule has 3 nitrogen and oxygen atoms in total. The first-order valence-electron chi connectivity index (χ1n) is 5.94.